The highest BCUT2D eigenvalue weighted by atomic mass is 16.5. The van der Waals surface area contributed by atoms with Crippen LogP contribution in [0.3, 0.4) is 0 Å². The third-order valence-corrected chi connectivity index (χ3v) is 10.8. The first-order chi connectivity index (χ1) is 22.7. The molecule has 0 N–H and O–H groups in total. The summed E-state index contributed by atoms with van der Waals surface area (Å²) in [7, 11) is 0. The van der Waals surface area contributed by atoms with E-state index in [9.17, 15) is 0 Å². The molecule has 54 heavy (non-hydrogen) atoms. The van der Waals surface area contributed by atoms with Crippen molar-refractivity contribution in [3.63, 3.8) is 0 Å². The van der Waals surface area contributed by atoms with Crippen molar-refractivity contribution in [2.75, 3.05) is 13.2 Å². The lowest BCUT2D eigenvalue weighted by molar-refractivity contribution is 0.000174. The zero-order valence-corrected chi connectivity index (χ0v) is 34.2. The van der Waals surface area contributed by atoms with Crippen LogP contribution in [0.2, 0.25) is 0 Å². The molecule has 0 aromatic heterocycles. The van der Waals surface area contributed by atoms with Gasteiger partial charge in [0.05, 0.1) is 12.2 Å². The normalized spacial score (nSPS) is 27.9. The van der Waals surface area contributed by atoms with Crippen LogP contribution in [-0.2, 0) is 9.47 Å². The van der Waals surface area contributed by atoms with E-state index in [2.05, 4.69) is 120 Å². The summed E-state index contributed by atoms with van der Waals surface area (Å²) in [6.07, 6.45) is 25.0. The smallest absolute Gasteiger partial charge is 0.0547 e. The molecule has 2 heteroatoms. The van der Waals surface area contributed by atoms with Crippen LogP contribution in [0.4, 0.5) is 0 Å². The fourth-order valence-corrected chi connectivity index (χ4v) is 6.29. The number of hydrogen-bond acceptors (Lipinski definition) is 2. The third kappa shape index (κ3) is 36.3. The fraction of sp³-hybridized carbons (Fsp3) is 0.808. The Bertz CT molecular complexity index is 824. The molecule has 3 aliphatic carbocycles. The molecule has 2 aliphatic heterocycles. The van der Waals surface area contributed by atoms with Crippen LogP contribution in [0.1, 0.15) is 215 Å². The monoisotopic (exact) mass is 763 g/mol. The first-order valence-electron chi connectivity index (χ1n) is 20.3. The Labute approximate surface area is 345 Å². The number of benzene rings is 1. The molecule has 1 saturated carbocycles. The maximum absolute atomic E-state index is 5.39. The fourth-order valence-electron chi connectivity index (χ4n) is 6.29. The molecule has 6 atom stereocenters. The van der Waals surface area contributed by atoms with E-state index in [0.29, 0.717) is 12.2 Å². The van der Waals surface area contributed by atoms with Gasteiger partial charge in [0, 0.05) is 13.2 Å². The number of ether oxygens (including phenoxy) is 2. The van der Waals surface area contributed by atoms with Crippen molar-refractivity contribution in [1.82, 2.24) is 0 Å². The van der Waals surface area contributed by atoms with Crippen LogP contribution < -0.4 is 0 Å². The standard InChI is InChI=1S/C8H16.2C8H14.C8H10.2C7H14O.6CH4/c4*1-7-3-5-8(2)6-4-7;2*1-6-3-4-7(2)8-5-6;;;;;;/h7-8H,3-6H2,1-2H3;2*3,8H,4-6H2,1-2H3;3-6H,1-2H3;2*6-7H,3-5H2,1-2H3;6*1H4. The molecule has 0 bridgehead atoms. The summed E-state index contributed by atoms with van der Waals surface area (Å²) in [4.78, 5) is 0. The highest BCUT2D eigenvalue weighted by Gasteiger charge is 2.15. The van der Waals surface area contributed by atoms with Crippen molar-refractivity contribution in [3.05, 3.63) is 58.7 Å². The predicted octanol–water partition coefficient (Wildman–Crippen LogP) is 18.1. The molecular weight excluding hydrogens is 657 g/mol. The van der Waals surface area contributed by atoms with Gasteiger partial charge in [-0.2, -0.15) is 0 Å². The van der Waals surface area contributed by atoms with Crippen molar-refractivity contribution in [3.8, 4) is 0 Å². The lowest BCUT2D eigenvalue weighted by Gasteiger charge is -2.23. The van der Waals surface area contributed by atoms with Gasteiger partial charge in [-0.3, -0.25) is 0 Å². The van der Waals surface area contributed by atoms with Gasteiger partial charge in [-0.1, -0.05) is 170 Å². The Kier molecular flexibility index (Phi) is 46.0. The molecule has 5 aliphatic rings. The van der Waals surface area contributed by atoms with Crippen molar-refractivity contribution in [2.24, 2.45) is 35.5 Å². The number of allylic oxidation sites excluding steroid dienone is 4. The molecule has 0 radical (unpaired) electrons. The van der Waals surface area contributed by atoms with E-state index >= 15 is 0 Å². The maximum Gasteiger partial charge on any atom is 0.0547 e. The molecule has 3 fully saturated rings. The minimum Gasteiger partial charge on any atom is -0.378 e. The molecule has 2 heterocycles. The Hall–Kier alpha value is -1.38. The van der Waals surface area contributed by atoms with Gasteiger partial charge in [0.1, 0.15) is 0 Å². The third-order valence-electron chi connectivity index (χ3n) is 10.8. The Morgan fingerprint density at radius 1 is 0.370 bits per heavy atom. The van der Waals surface area contributed by atoms with Crippen LogP contribution in [0.5, 0.6) is 0 Å². The Morgan fingerprint density at radius 2 is 0.648 bits per heavy atom. The largest absolute Gasteiger partial charge is 0.378 e. The van der Waals surface area contributed by atoms with E-state index in [-0.39, 0.29) is 44.6 Å². The van der Waals surface area contributed by atoms with Crippen molar-refractivity contribution in [2.45, 2.75) is 230 Å². The lowest BCUT2D eigenvalue weighted by atomic mass is 9.84. The van der Waals surface area contributed by atoms with Gasteiger partial charge in [0.25, 0.3) is 0 Å². The van der Waals surface area contributed by atoms with Crippen LogP contribution in [0.25, 0.3) is 0 Å². The highest BCUT2D eigenvalue weighted by Crippen LogP contribution is 2.27. The summed E-state index contributed by atoms with van der Waals surface area (Å²) in [5.74, 6) is 5.52. The van der Waals surface area contributed by atoms with E-state index in [0.717, 1.165) is 48.7 Å². The van der Waals surface area contributed by atoms with E-state index in [1.54, 1.807) is 11.1 Å². The minimum atomic E-state index is 0. The molecule has 326 valence electrons. The van der Waals surface area contributed by atoms with E-state index in [1.807, 2.05) is 0 Å². The van der Waals surface area contributed by atoms with Crippen LogP contribution in [0.15, 0.2) is 47.6 Å². The summed E-state index contributed by atoms with van der Waals surface area (Å²) in [6, 6.07) is 8.48. The van der Waals surface area contributed by atoms with E-state index in [1.165, 1.54) is 101 Å². The van der Waals surface area contributed by atoms with E-state index < -0.39 is 0 Å². The summed E-state index contributed by atoms with van der Waals surface area (Å²) >= 11 is 0. The summed E-state index contributed by atoms with van der Waals surface area (Å²) in [5, 5.41) is 0. The molecule has 6 rings (SSSR count). The maximum atomic E-state index is 5.39. The van der Waals surface area contributed by atoms with Crippen LogP contribution >= 0.6 is 0 Å². The minimum absolute atomic E-state index is 0. The molecule has 0 amide bonds. The van der Waals surface area contributed by atoms with Gasteiger partial charge in [-0.25, -0.2) is 0 Å². The topological polar surface area (TPSA) is 18.5 Å². The van der Waals surface area contributed by atoms with Crippen LogP contribution in [-0.4, -0.2) is 25.4 Å². The van der Waals surface area contributed by atoms with Gasteiger partial charge >= 0.3 is 0 Å². The molecule has 2 saturated heterocycles. The van der Waals surface area contributed by atoms with Gasteiger partial charge in [0.15, 0.2) is 0 Å². The van der Waals surface area contributed by atoms with Gasteiger partial charge in [-0.05, 0) is 141 Å². The SMILES string of the molecule is C.C.C.C.C.C.CC1=CCC(C)CC1.CC1=CCC(C)CC1.CC1CCC(C)CC1.CC1CCC(C)OC1.CC1CCC(C)OC1.Cc1ccc(C)cc1. The first kappa shape index (κ1) is 64.5. The average molecular weight is 763 g/mol. The first-order valence-corrected chi connectivity index (χ1v) is 20.3. The zero-order chi connectivity index (χ0) is 35.9. The van der Waals surface area contributed by atoms with E-state index in [4.69, 9.17) is 9.47 Å². The van der Waals surface area contributed by atoms with Crippen molar-refractivity contribution >= 4 is 0 Å². The van der Waals surface area contributed by atoms with Gasteiger partial charge < -0.3 is 9.47 Å². The van der Waals surface area contributed by atoms with Crippen molar-refractivity contribution in [1.29, 1.82) is 0 Å². The number of aryl methyl sites for hydroxylation is 2. The molecule has 2 nitrogen and oxygen atoms in total. The lowest BCUT2D eigenvalue weighted by Crippen LogP contribution is -2.21. The molecule has 6 unspecified atom stereocenters. The Balaban J connectivity index is -0.000000125. The molecule has 1 aromatic carbocycles. The molecular formula is C52H106O2. The average Bonchev–Trinajstić information content (AvgIpc) is 3.07. The van der Waals surface area contributed by atoms with Crippen molar-refractivity contribution < 1.29 is 9.47 Å². The second kappa shape index (κ2) is 38.5. The molecule has 0 spiro atoms. The second-order valence-electron chi connectivity index (χ2n) is 17.0. The Morgan fingerprint density at radius 3 is 0.833 bits per heavy atom. The summed E-state index contributed by atoms with van der Waals surface area (Å²) in [5.41, 5.74) is 5.83. The number of rotatable bonds is 0. The highest BCUT2D eigenvalue weighted by molar-refractivity contribution is 5.19. The number of hydrogen-bond donors (Lipinski definition) is 0. The zero-order valence-electron chi connectivity index (χ0n) is 34.2. The second-order valence-corrected chi connectivity index (χ2v) is 17.0. The summed E-state index contributed by atoms with van der Waals surface area (Å²) in [6.45, 7) is 28.7. The summed E-state index contributed by atoms with van der Waals surface area (Å²) < 4.78 is 10.8. The van der Waals surface area contributed by atoms with Gasteiger partial charge in [0.2, 0.25) is 0 Å². The quantitative estimate of drug-likeness (QED) is 0.245. The van der Waals surface area contributed by atoms with Gasteiger partial charge in [-0.15, -0.1) is 0 Å². The predicted molar refractivity (Wildman–Crippen MR) is 254 cm³/mol. The molecule has 1 aromatic rings. The van der Waals surface area contributed by atoms with Crippen LogP contribution in [0, 0.1) is 49.4 Å².